The molecule has 4 heteroatoms. The first kappa shape index (κ1) is 13.1. The summed E-state index contributed by atoms with van der Waals surface area (Å²) in [4.78, 5) is 0. The highest BCUT2D eigenvalue weighted by atomic mass is 79.9. The Labute approximate surface area is 114 Å². The minimum Gasteiger partial charge on any atom is -0.488 e. The maximum atomic E-state index is 13.6. The lowest BCUT2D eigenvalue weighted by Crippen LogP contribution is -2.03. The van der Waals surface area contributed by atoms with Crippen molar-refractivity contribution in [1.29, 1.82) is 0 Å². The molecule has 0 aliphatic heterocycles. The molecule has 0 heterocycles. The summed E-state index contributed by atoms with van der Waals surface area (Å²) >= 11 is 3.22. The van der Waals surface area contributed by atoms with E-state index in [-0.39, 0.29) is 12.4 Å². The van der Waals surface area contributed by atoms with E-state index in [0.717, 1.165) is 5.56 Å². The molecular formula is C14H13BrFNO. The summed E-state index contributed by atoms with van der Waals surface area (Å²) in [7, 11) is 0. The second kappa shape index (κ2) is 5.98. The van der Waals surface area contributed by atoms with Gasteiger partial charge in [-0.15, -0.1) is 0 Å². The van der Waals surface area contributed by atoms with Crippen molar-refractivity contribution in [2.45, 2.75) is 13.2 Å². The number of ether oxygens (including phenoxy) is 1. The maximum absolute atomic E-state index is 13.6. The van der Waals surface area contributed by atoms with E-state index in [9.17, 15) is 4.39 Å². The Morgan fingerprint density at radius 3 is 2.61 bits per heavy atom. The molecule has 0 aliphatic rings. The zero-order chi connectivity index (χ0) is 13.0. The average Bonchev–Trinajstić information content (AvgIpc) is 2.38. The molecule has 0 unspecified atom stereocenters. The number of hydrogen-bond donors (Lipinski definition) is 1. The molecule has 94 valence electrons. The Bertz CT molecular complexity index is 545. The van der Waals surface area contributed by atoms with Crippen LogP contribution in [0, 0.1) is 5.82 Å². The number of para-hydroxylation sites is 1. The molecule has 2 N–H and O–H groups in total. The van der Waals surface area contributed by atoms with Crippen molar-refractivity contribution in [3.8, 4) is 5.75 Å². The van der Waals surface area contributed by atoms with E-state index in [1.165, 1.54) is 6.07 Å². The van der Waals surface area contributed by atoms with Gasteiger partial charge in [-0.25, -0.2) is 4.39 Å². The van der Waals surface area contributed by atoms with Gasteiger partial charge in [0.25, 0.3) is 0 Å². The Morgan fingerprint density at radius 2 is 1.89 bits per heavy atom. The molecule has 2 aromatic carbocycles. The van der Waals surface area contributed by atoms with Crippen LogP contribution in [0.2, 0.25) is 0 Å². The van der Waals surface area contributed by atoms with Crippen molar-refractivity contribution in [2.75, 3.05) is 0 Å². The summed E-state index contributed by atoms with van der Waals surface area (Å²) in [5.41, 5.74) is 7.04. The lowest BCUT2D eigenvalue weighted by atomic mass is 10.2. The highest BCUT2D eigenvalue weighted by Gasteiger charge is 2.05. The zero-order valence-corrected chi connectivity index (χ0v) is 11.3. The molecule has 0 spiro atoms. The number of rotatable bonds is 4. The third-order valence-corrected chi connectivity index (χ3v) is 3.08. The van der Waals surface area contributed by atoms with Gasteiger partial charge in [-0.05, 0) is 18.2 Å². The van der Waals surface area contributed by atoms with Crippen LogP contribution in [0.1, 0.15) is 11.1 Å². The van der Waals surface area contributed by atoms with E-state index in [4.69, 9.17) is 10.5 Å². The van der Waals surface area contributed by atoms with Gasteiger partial charge in [0.05, 0.1) is 0 Å². The predicted octanol–water partition coefficient (Wildman–Crippen LogP) is 3.63. The van der Waals surface area contributed by atoms with Crippen LogP contribution in [0.5, 0.6) is 5.75 Å². The Morgan fingerprint density at radius 1 is 1.11 bits per heavy atom. The van der Waals surface area contributed by atoms with Gasteiger partial charge in [-0.1, -0.05) is 40.2 Å². The van der Waals surface area contributed by atoms with Crippen molar-refractivity contribution in [1.82, 2.24) is 0 Å². The van der Waals surface area contributed by atoms with Gasteiger partial charge >= 0.3 is 0 Å². The van der Waals surface area contributed by atoms with Gasteiger partial charge in [0, 0.05) is 22.1 Å². The first-order chi connectivity index (χ1) is 8.70. The van der Waals surface area contributed by atoms with Crippen LogP contribution in [0.25, 0.3) is 0 Å². The van der Waals surface area contributed by atoms with Crippen LogP contribution in [0.15, 0.2) is 46.9 Å². The highest BCUT2D eigenvalue weighted by molar-refractivity contribution is 9.10. The van der Waals surface area contributed by atoms with Crippen molar-refractivity contribution in [3.05, 3.63) is 63.9 Å². The van der Waals surface area contributed by atoms with Crippen LogP contribution in [-0.4, -0.2) is 0 Å². The molecular weight excluding hydrogens is 297 g/mol. The smallest absolute Gasteiger partial charge is 0.130 e. The summed E-state index contributed by atoms with van der Waals surface area (Å²) in [6.45, 7) is 0.592. The second-order valence-electron chi connectivity index (χ2n) is 3.84. The molecule has 0 radical (unpaired) electrons. The third kappa shape index (κ3) is 3.09. The number of hydrogen-bond acceptors (Lipinski definition) is 2. The van der Waals surface area contributed by atoms with Gasteiger partial charge < -0.3 is 10.5 Å². The van der Waals surface area contributed by atoms with Crippen LogP contribution < -0.4 is 10.5 Å². The van der Waals surface area contributed by atoms with Crippen LogP contribution in [0.3, 0.4) is 0 Å². The molecule has 0 bridgehead atoms. The number of nitrogens with two attached hydrogens (primary N) is 1. The van der Waals surface area contributed by atoms with E-state index in [1.54, 1.807) is 12.1 Å². The van der Waals surface area contributed by atoms with Crippen molar-refractivity contribution < 1.29 is 9.13 Å². The van der Waals surface area contributed by atoms with E-state index >= 15 is 0 Å². The quantitative estimate of drug-likeness (QED) is 0.936. The van der Waals surface area contributed by atoms with Crippen molar-refractivity contribution in [2.24, 2.45) is 5.73 Å². The topological polar surface area (TPSA) is 35.2 Å². The third-order valence-electron chi connectivity index (χ3n) is 2.59. The summed E-state index contributed by atoms with van der Waals surface area (Å²) < 4.78 is 19.9. The molecule has 2 nitrogen and oxygen atoms in total. The lowest BCUT2D eigenvalue weighted by molar-refractivity contribution is 0.297. The van der Waals surface area contributed by atoms with Crippen LogP contribution >= 0.6 is 15.9 Å². The van der Waals surface area contributed by atoms with Gasteiger partial charge in [-0.3, -0.25) is 0 Å². The summed E-state index contributed by atoms with van der Waals surface area (Å²) in [5, 5.41) is 0. The Balaban J connectivity index is 2.11. The monoisotopic (exact) mass is 309 g/mol. The normalized spacial score (nSPS) is 10.4. The van der Waals surface area contributed by atoms with Gasteiger partial charge in [-0.2, -0.15) is 0 Å². The first-order valence-corrected chi connectivity index (χ1v) is 6.34. The van der Waals surface area contributed by atoms with Gasteiger partial charge in [0.15, 0.2) is 0 Å². The van der Waals surface area contributed by atoms with Gasteiger partial charge in [0.1, 0.15) is 18.2 Å². The highest BCUT2D eigenvalue weighted by Crippen LogP contribution is 2.20. The van der Waals surface area contributed by atoms with E-state index in [0.29, 0.717) is 22.3 Å². The summed E-state index contributed by atoms with van der Waals surface area (Å²) in [6.07, 6.45) is 0. The molecule has 0 fully saturated rings. The second-order valence-corrected chi connectivity index (χ2v) is 4.75. The molecule has 0 aliphatic carbocycles. The molecule has 2 aromatic rings. The lowest BCUT2D eigenvalue weighted by Gasteiger charge is -2.10. The maximum Gasteiger partial charge on any atom is 0.130 e. The summed E-state index contributed by atoms with van der Waals surface area (Å²) in [5.74, 6) is 0.414. The molecule has 0 atom stereocenters. The van der Waals surface area contributed by atoms with Gasteiger partial charge in [0.2, 0.25) is 0 Å². The summed E-state index contributed by atoms with van der Waals surface area (Å²) in [6, 6.07) is 12.4. The fraction of sp³-hybridized carbons (Fsp3) is 0.143. The van der Waals surface area contributed by atoms with Crippen LogP contribution in [-0.2, 0) is 13.2 Å². The van der Waals surface area contributed by atoms with E-state index in [2.05, 4.69) is 15.9 Å². The molecule has 0 aromatic heterocycles. The molecule has 2 rings (SSSR count). The fourth-order valence-corrected chi connectivity index (χ4v) is 1.94. The average molecular weight is 310 g/mol. The molecule has 0 amide bonds. The minimum absolute atomic E-state index is 0.191. The Hall–Kier alpha value is -1.39. The largest absolute Gasteiger partial charge is 0.488 e. The number of halogens is 2. The van der Waals surface area contributed by atoms with E-state index in [1.807, 2.05) is 24.3 Å². The molecule has 0 saturated carbocycles. The standard InChI is InChI=1S/C14H13BrFNO/c15-12-6-5-11(13(16)7-12)9-18-14-4-2-1-3-10(14)8-17/h1-7H,8-9,17H2. The van der Waals surface area contributed by atoms with Crippen LogP contribution in [0.4, 0.5) is 4.39 Å². The number of benzene rings is 2. The zero-order valence-electron chi connectivity index (χ0n) is 9.70. The fourth-order valence-electron chi connectivity index (χ4n) is 1.61. The van der Waals surface area contributed by atoms with Crippen molar-refractivity contribution >= 4 is 15.9 Å². The first-order valence-electron chi connectivity index (χ1n) is 5.55. The SMILES string of the molecule is NCc1ccccc1OCc1ccc(Br)cc1F. The molecule has 18 heavy (non-hydrogen) atoms. The van der Waals surface area contributed by atoms with E-state index < -0.39 is 0 Å². The Kier molecular flexibility index (Phi) is 4.33. The predicted molar refractivity (Wildman–Crippen MR) is 72.8 cm³/mol. The minimum atomic E-state index is -0.283. The molecule has 0 saturated heterocycles. The van der Waals surface area contributed by atoms with Crippen molar-refractivity contribution in [3.63, 3.8) is 0 Å².